The van der Waals surface area contributed by atoms with Crippen LogP contribution >= 0.6 is 0 Å². The maximum Gasteiger partial charge on any atom is 0.277 e. The Bertz CT molecular complexity index is 1020. The molecule has 0 aliphatic rings. The molecule has 0 atom stereocenters. The van der Waals surface area contributed by atoms with Crippen LogP contribution in [0.5, 0.6) is 0 Å². The molecule has 118 valence electrons. The molecule has 0 aliphatic heterocycles. The first kappa shape index (κ1) is 14.1. The number of fused-ring (bicyclic) bond motifs is 1. The molecule has 0 aliphatic carbocycles. The molecule has 0 unspecified atom stereocenters. The lowest BCUT2D eigenvalue weighted by molar-refractivity contribution is 0.101. The zero-order valence-electron chi connectivity index (χ0n) is 12.6. The number of carbonyl (C=O) groups is 1. The first-order chi connectivity index (χ1) is 11.7. The summed E-state index contributed by atoms with van der Waals surface area (Å²) >= 11 is 0. The number of aromatic amines is 1. The summed E-state index contributed by atoms with van der Waals surface area (Å²) in [5.74, 6) is 0.101. The first-order valence-corrected chi connectivity index (χ1v) is 7.20. The van der Waals surface area contributed by atoms with E-state index >= 15 is 0 Å². The quantitative estimate of drug-likeness (QED) is 0.600. The van der Waals surface area contributed by atoms with Crippen molar-refractivity contribution in [3.05, 3.63) is 54.2 Å². The van der Waals surface area contributed by atoms with E-state index in [0.717, 1.165) is 16.6 Å². The summed E-state index contributed by atoms with van der Waals surface area (Å²) in [7, 11) is 0. The number of aryl methyl sites for hydroxylation is 1. The molecule has 0 radical (unpaired) electrons. The summed E-state index contributed by atoms with van der Waals surface area (Å²) in [5, 5.41) is 14.3. The fourth-order valence-corrected chi connectivity index (χ4v) is 2.31. The Labute approximate surface area is 135 Å². The second kappa shape index (κ2) is 5.58. The van der Waals surface area contributed by atoms with E-state index in [0.29, 0.717) is 17.1 Å². The van der Waals surface area contributed by atoms with E-state index in [4.69, 9.17) is 4.52 Å². The van der Waals surface area contributed by atoms with E-state index < -0.39 is 0 Å². The summed E-state index contributed by atoms with van der Waals surface area (Å²) in [6.45, 7) is 1.89. The van der Waals surface area contributed by atoms with E-state index in [-0.39, 0.29) is 11.6 Å². The van der Waals surface area contributed by atoms with Crippen LogP contribution in [0, 0.1) is 6.92 Å². The van der Waals surface area contributed by atoms with Gasteiger partial charge < -0.3 is 9.84 Å². The molecular formula is C16H12N6O2. The van der Waals surface area contributed by atoms with E-state index in [1.165, 1.54) is 0 Å². The average molecular weight is 320 g/mol. The average Bonchev–Trinajstić information content (AvgIpc) is 3.24. The van der Waals surface area contributed by atoms with E-state index in [9.17, 15) is 4.79 Å². The highest BCUT2D eigenvalue weighted by atomic mass is 16.5. The third-order valence-electron chi connectivity index (χ3n) is 3.55. The number of hydrogen-bond acceptors (Lipinski definition) is 6. The Kier molecular flexibility index (Phi) is 3.27. The summed E-state index contributed by atoms with van der Waals surface area (Å²) in [5.41, 5.74) is 2.97. The highest BCUT2D eigenvalue weighted by molar-refractivity contribution is 6.04. The fourth-order valence-electron chi connectivity index (χ4n) is 2.31. The van der Waals surface area contributed by atoms with Crippen LogP contribution in [0.2, 0.25) is 0 Å². The van der Waals surface area contributed by atoms with Gasteiger partial charge >= 0.3 is 0 Å². The number of amides is 1. The molecule has 0 spiro atoms. The third-order valence-corrected chi connectivity index (χ3v) is 3.55. The molecule has 8 nitrogen and oxygen atoms in total. The van der Waals surface area contributed by atoms with Crippen LogP contribution in [0.4, 0.5) is 5.69 Å². The van der Waals surface area contributed by atoms with Gasteiger partial charge in [0, 0.05) is 35.1 Å². The van der Waals surface area contributed by atoms with Crippen molar-refractivity contribution >= 4 is 22.6 Å². The minimum absolute atomic E-state index is 0.179. The molecule has 4 heterocycles. The van der Waals surface area contributed by atoms with Gasteiger partial charge in [0.1, 0.15) is 0 Å². The topological polar surface area (TPSA) is 110 Å². The van der Waals surface area contributed by atoms with Crippen molar-refractivity contribution in [2.45, 2.75) is 6.92 Å². The van der Waals surface area contributed by atoms with Crippen molar-refractivity contribution in [2.24, 2.45) is 0 Å². The molecule has 2 N–H and O–H groups in total. The van der Waals surface area contributed by atoms with Gasteiger partial charge in [-0.05, 0) is 25.1 Å². The summed E-state index contributed by atoms with van der Waals surface area (Å²) in [6.07, 6.45) is 4.85. The van der Waals surface area contributed by atoms with Gasteiger partial charge in [-0.25, -0.2) is 4.98 Å². The number of carbonyl (C=O) groups excluding carboxylic acids is 1. The molecule has 0 aromatic carbocycles. The van der Waals surface area contributed by atoms with Gasteiger partial charge in [-0.3, -0.25) is 14.9 Å². The Hall–Kier alpha value is -3.55. The zero-order chi connectivity index (χ0) is 16.5. The molecule has 1 amide bonds. The molecule has 24 heavy (non-hydrogen) atoms. The normalized spacial score (nSPS) is 10.9. The summed E-state index contributed by atoms with van der Waals surface area (Å²) in [6, 6.07) is 6.99. The standard InChI is InChI=1S/C16H12N6O2/c1-9-12-5-11(8-18-15(12)21-20-9)19-16(23)13-6-14(24-22-13)10-3-2-4-17-7-10/h2-8H,1H3,(H,19,23)(H,18,20,21). The minimum atomic E-state index is -0.379. The highest BCUT2D eigenvalue weighted by Gasteiger charge is 2.15. The zero-order valence-corrected chi connectivity index (χ0v) is 12.6. The Morgan fingerprint density at radius 2 is 2.21 bits per heavy atom. The first-order valence-electron chi connectivity index (χ1n) is 7.20. The van der Waals surface area contributed by atoms with Crippen molar-refractivity contribution in [1.29, 1.82) is 0 Å². The van der Waals surface area contributed by atoms with Crippen LogP contribution in [-0.2, 0) is 0 Å². The van der Waals surface area contributed by atoms with Gasteiger partial charge in [-0.15, -0.1) is 0 Å². The fraction of sp³-hybridized carbons (Fsp3) is 0.0625. The molecule has 8 heteroatoms. The summed E-state index contributed by atoms with van der Waals surface area (Å²) in [4.78, 5) is 20.5. The van der Waals surface area contributed by atoms with Crippen molar-refractivity contribution in [3.8, 4) is 11.3 Å². The van der Waals surface area contributed by atoms with Crippen LogP contribution in [0.25, 0.3) is 22.4 Å². The maximum atomic E-state index is 12.3. The number of rotatable bonds is 3. The van der Waals surface area contributed by atoms with Gasteiger partial charge in [-0.2, -0.15) is 5.10 Å². The second-order valence-corrected chi connectivity index (χ2v) is 5.22. The maximum absolute atomic E-state index is 12.3. The lowest BCUT2D eigenvalue weighted by Crippen LogP contribution is -2.12. The van der Waals surface area contributed by atoms with E-state index in [1.807, 2.05) is 13.0 Å². The van der Waals surface area contributed by atoms with Crippen LogP contribution in [-0.4, -0.2) is 31.2 Å². The Morgan fingerprint density at radius 1 is 1.29 bits per heavy atom. The predicted molar refractivity (Wildman–Crippen MR) is 86.3 cm³/mol. The number of nitrogens with zero attached hydrogens (tertiary/aromatic N) is 4. The number of aromatic nitrogens is 5. The van der Waals surface area contributed by atoms with Crippen LogP contribution in [0.1, 0.15) is 16.2 Å². The lowest BCUT2D eigenvalue weighted by atomic mass is 10.2. The molecule has 4 aromatic rings. The second-order valence-electron chi connectivity index (χ2n) is 5.22. The van der Waals surface area contributed by atoms with Gasteiger partial charge in [0.25, 0.3) is 5.91 Å². The van der Waals surface area contributed by atoms with Crippen molar-refractivity contribution < 1.29 is 9.32 Å². The van der Waals surface area contributed by atoms with Crippen molar-refractivity contribution in [2.75, 3.05) is 5.32 Å². The number of nitrogens with one attached hydrogen (secondary N) is 2. The molecule has 4 aromatic heterocycles. The van der Waals surface area contributed by atoms with Crippen LogP contribution in [0.15, 0.2) is 47.4 Å². The monoisotopic (exact) mass is 320 g/mol. The smallest absolute Gasteiger partial charge is 0.277 e. The number of hydrogen-bond donors (Lipinski definition) is 2. The Morgan fingerprint density at radius 3 is 3.04 bits per heavy atom. The number of anilines is 1. The minimum Gasteiger partial charge on any atom is -0.355 e. The summed E-state index contributed by atoms with van der Waals surface area (Å²) < 4.78 is 5.21. The van der Waals surface area contributed by atoms with Gasteiger partial charge in [0.15, 0.2) is 17.1 Å². The molecule has 0 saturated heterocycles. The number of H-pyrrole nitrogens is 1. The van der Waals surface area contributed by atoms with Crippen molar-refractivity contribution in [1.82, 2.24) is 25.3 Å². The van der Waals surface area contributed by atoms with Gasteiger partial charge in [0.2, 0.25) is 0 Å². The molecular weight excluding hydrogens is 308 g/mol. The number of pyridine rings is 2. The third kappa shape index (κ3) is 2.50. The van der Waals surface area contributed by atoms with Crippen LogP contribution < -0.4 is 5.32 Å². The van der Waals surface area contributed by atoms with Gasteiger partial charge in [0.05, 0.1) is 11.9 Å². The van der Waals surface area contributed by atoms with E-state index in [1.54, 1.807) is 36.8 Å². The molecule has 0 fully saturated rings. The molecule has 4 rings (SSSR count). The lowest BCUT2D eigenvalue weighted by Gasteiger charge is -2.02. The Balaban J connectivity index is 1.57. The largest absolute Gasteiger partial charge is 0.355 e. The van der Waals surface area contributed by atoms with Gasteiger partial charge in [-0.1, -0.05) is 5.16 Å². The van der Waals surface area contributed by atoms with Crippen LogP contribution in [0.3, 0.4) is 0 Å². The highest BCUT2D eigenvalue weighted by Crippen LogP contribution is 2.21. The predicted octanol–water partition coefficient (Wildman–Crippen LogP) is 2.57. The van der Waals surface area contributed by atoms with E-state index in [2.05, 4.69) is 30.6 Å². The molecule has 0 saturated carbocycles. The van der Waals surface area contributed by atoms with Crippen molar-refractivity contribution in [3.63, 3.8) is 0 Å². The molecule has 0 bridgehead atoms. The SMILES string of the molecule is Cc1[nH]nc2ncc(NC(=O)c3cc(-c4cccnc4)on3)cc12.